The second-order valence-corrected chi connectivity index (χ2v) is 0.204. The quantitative estimate of drug-likeness (QED) is 0.388. The van der Waals surface area contributed by atoms with Crippen LogP contribution < -0.4 is 0 Å². The topological polar surface area (TPSA) is 70.9 Å². The zero-order chi connectivity index (χ0) is 2.12. The van der Waals surface area contributed by atoms with Gasteiger partial charge in [-0.05, 0) is 0 Å². The Labute approximate surface area is 21.1 Å². The minimum Gasteiger partial charge on any atom is -0.412 e. The second-order valence-electron chi connectivity index (χ2n) is 0.204. The first kappa shape index (κ1) is 3.36. The molecule has 0 aliphatic heterocycles. The van der Waals surface area contributed by atoms with Gasteiger partial charge in [-0.25, -0.2) is 0 Å². The molecule has 0 aromatic carbocycles. The van der Waals surface area contributed by atoms with E-state index < -0.39 is 0 Å². The molecule has 1 aromatic heterocycles. The van der Waals surface area contributed by atoms with Crippen molar-refractivity contribution in [2.75, 3.05) is 0 Å². The number of rotatable bonds is 0. The average Bonchev–Trinajstić information content (AvgIpc) is 1.46. The van der Waals surface area contributed by atoms with Crippen LogP contribution >= 0.6 is 0 Å². The van der Waals surface area contributed by atoms with E-state index in [-0.39, 0.29) is 5.48 Å². The highest BCUT2D eigenvalue weighted by Crippen LogP contribution is 1.79. The molecule has 0 radical (unpaired) electrons. The van der Waals surface area contributed by atoms with Crippen LogP contribution in [0.5, 0.6) is 0 Å². The third-order valence-electron chi connectivity index (χ3n) is 0.0680. The molecular weight excluding hydrogens is 64.0 g/mol. The minimum atomic E-state index is 0. The summed E-state index contributed by atoms with van der Waals surface area (Å²) in [5.74, 6) is 0. The smallest absolute Gasteiger partial charge is 0 e. The Balaban J connectivity index is 0.0000000900. The van der Waals surface area contributed by atoms with Gasteiger partial charge in [0.2, 0.25) is 0 Å². The number of hydrogen-bond donors (Lipinski definition) is 0. The molecule has 0 unspecified atom stereocenters. The third kappa shape index (κ3) is 1.36. The molecule has 0 spiro atoms. The van der Waals surface area contributed by atoms with E-state index in [0.29, 0.717) is 0 Å². The van der Waals surface area contributed by atoms with Crippen LogP contribution in [-0.4, -0.2) is 5.48 Å². The standard InChI is InChI=1S/O3.H2O/c1-2-3-1;/h;1H2. The molecule has 0 aliphatic rings. The Hall–Kier alpha value is -0.640. The van der Waals surface area contributed by atoms with Gasteiger partial charge in [-0.15, -0.1) is 0 Å². The zero-order valence-corrected chi connectivity index (χ0v) is 1.72. The van der Waals surface area contributed by atoms with Crippen molar-refractivity contribution >= 4 is 0 Å². The largest absolute Gasteiger partial charge is 0.412 e. The normalized spacial score (nSPS) is 6.00. The van der Waals surface area contributed by atoms with E-state index in [9.17, 15) is 0 Å². The molecule has 0 saturated heterocycles. The Bertz CT molecular complexity index is 28.1. The van der Waals surface area contributed by atoms with Crippen LogP contribution in [0.25, 0.3) is 0 Å². The Morgan fingerprint density at radius 2 is 1.00 bits per heavy atom. The maximum atomic E-state index is 3.50. The zero-order valence-electron chi connectivity index (χ0n) is 1.72. The monoisotopic (exact) mass is 66.0 g/mol. The van der Waals surface area contributed by atoms with Gasteiger partial charge in [0.05, 0.1) is 0 Å². The van der Waals surface area contributed by atoms with Crippen molar-refractivity contribution in [1.29, 1.82) is 0 Å². The van der Waals surface area contributed by atoms with Gasteiger partial charge in [-0.3, -0.25) is 0 Å². The second kappa shape index (κ2) is 0.784. The fourth-order valence-electron chi connectivity index (χ4n) is 0. The van der Waals surface area contributed by atoms with Crippen molar-refractivity contribution in [3.05, 3.63) is 0 Å². The van der Waals surface area contributed by atoms with Crippen LogP contribution in [0.1, 0.15) is 0 Å². The van der Waals surface area contributed by atoms with Gasteiger partial charge in [-0.2, -0.15) is 0 Å². The first-order valence-corrected chi connectivity index (χ1v) is 0.500. The lowest BCUT2D eigenvalue weighted by Crippen LogP contribution is -0.661. The molecule has 0 amide bonds. The van der Waals surface area contributed by atoms with Crippen molar-refractivity contribution in [2.45, 2.75) is 0 Å². The molecule has 4 nitrogen and oxygen atoms in total. The van der Waals surface area contributed by atoms with Crippen LogP contribution in [0.15, 0.2) is 14.2 Å². The molecule has 0 aliphatic carbocycles. The van der Waals surface area contributed by atoms with Gasteiger partial charge in [0.15, 0.2) is 0 Å². The maximum absolute atomic E-state index is 3.50. The molecule has 2 N–H and O–H groups in total. The van der Waals surface area contributed by atoms with E-state index in [2.05, 4.69) is 14.2 Å². The van der Waals surface area contributed by atoms with E-state index in [1.165, 1.54) is 0 Å². The van der Waals surface area contributed by atoms with Crippen LogP contribution in [0.4, 0.5) is 0 Å². The van der Waals surface area contributed by atoms with E-state index >= 15 is 0 Å². The Morgan fingerprint density at radius 3 is 1.00 bits per heavy atom. The molecule has 1 aromatic rings. The van der Waals surface area contributed by atoms with E-state index in [1.54, 1.807) is 0 Å². The van der Waals surface area contributed by atoms with Crippen molar-refractivity contribution in [1.82, 2.24) is 0 Å². The van der Waals surface area contributed by atoms with Crippen LogP contribution in [0.3, 0.4) is 0 Å². The molecule has 0 atom stereocenters. The van der Waals surface area contributed by atoms with Crippen LogP contribution in [0.2, 0.25) is 0 Å². The minimum absolute atomic E-state index is 0. The van der Waals surface area contributed by atoms with Gasteiger partial charge in [0.25, 0.3) is 0 Å². The van der Waals surface area contributed by atoms with Crippen LogP contribution in [0, 0.1) is 0 Å². The van der Waals surface area contributed by atoms with Gasteiger partial charge >= 0.3 is 0 Å². The van der Waals surface area contributed by atoms with Crippen molar-refractivity contribution in [3.8, 4) is 0 Å². The van der Waals surface area contributed by atoms with Gasteiger partial charge in [-0.1, -0.05) is 0 Å². The summed E-state index contributed by atoms with van der Waals surface area (Å²) in [5.41, 5.74) is 0. The summed E-state index contributed by atoms with van der Waals surface area (Å²) in [5, 5.41) is 0. The molecular formula is H2O4. The highest BCUT2D eigenvalue weighted by molar-refractivity contribution is 2.71. The molecule has 1 rings (SSSR count). The SMILES string of the molecule is O.o1oo1. The van der Waals surface area contributed by atoms with E-state index in [1.807, 2.05) is 0 Å². The van der Waals surface area contributed by atoms with Gasteiger partial charge < -0.3 is 5.48 Å². The lowest BCUT2D eigenvalue weighted by Gasteiger charge is -0.816. The third-order valence-corrected chi connectivity index (χ3v) is 0.0680. The maximum Gasteiger partial charge on any atom is 0 e. The Kier molecular flexibility index (Phi) is 0.658. The molecule has 0 fully saturated rings. The summed E-state index contributed by atoms with van der Waals surface area (Å²) >= 11 is 0. The van der Waals surface area contributed by atoms with Crippen molar-refractivity contribution in [3.63, 3.8) is 0 Å². The van der Waals surface area contributed by atoms with Gasteiger partial charge in [0.1, 0.15) is 0 Å². The first-order chi connectivity index (χ1) is 1.50. The lowest BCUT2D eigenvalue weighted by atomic mass is 15.2. The highest BCUT2D eigenvalue weighted by atomic mass is 17.6. The van der Waals surface area contributed by atoms with E-state index in [4.69, 9.17) is 0 Å². The van der Waals surface area contributed by atoms with Gasteiger partial charge in [0, 0.05) is 14.2 Å². The number of hydrogen-bond acceptors (Lipinski definition) is 3. The highest BCUT2D eigenvalue weighted by Gasteiger charge is 1.63. The molecule has 0 saturated carbocycles. The molecule has 26 valence electrons. The summed E-state index contributed by atoms with van der Waals surface area (Å²) in [6.07, 6.45) is 0. The van der Waals surface area contributed by atoms with Crippen LogP contribution in [-0.2, 0) is 0 Å². The summed E-state index contributed by atoms with van der Waals surface area (Å²) in [7, 11) is 0. The summed E-state index contributed by atoms with van der Waals surface area (Å²) < 4.78 is 10.5. The molecule has 1 heterocycles. The van der Waals surface area contributed by atoms with Crippen molar-refractivity contribution in [2.24, 2.45) is 0 Å². The Morgan fingerprint density at radius 1 is 0.750 bits per heavy atom. The van der Waals surface area contributed by atoms with Crippen molar-refractivity contribution < 1.29 is 19.7 Å². The fraction of sp³-hybridized carbons (Fsp3) is 0. The lowest BCUT2D eigenvalue weighted by molar-refractivity contribution is 0.264. The molecule has 4 heteroatoms. The summed E-state index contributed by atoms with van der Waals surface area (Å²) in [4.78, 5) is 0. The summed E-state index contributed by atoms with van der Waals surface area (Å²) in [6.45, 7) is 0. The predicted molar refractivity (Wildman–Crippen MR) is 6.85 cm³/mol. The first-order valence-electron chi connectivity index (χ1n) is 0.500. The predicted octanol–water partition coefficient (Wildman–Crippen LogP) is -0.359. The van der Waals surface area contributed by atoms with E-state index in [0.717, 1.165) is 0 Å². The molecule has 4 heavy (non-hydrogen) atoms. The fourth-order valence-corrected chi connectivity index (χ4v) is 0. The molecule has 0 bridgehead atoms. The average molecular weight is 66.0 g/mol. The summed E-state index contributed by atoms with van der Waals surface area (Å²) in [6, 6.07) is 0.